The third-order valence-electron chi connectivity index (χ3n) is 4.53. The molecule has 2 heteroatoms. The van der Waals surface area contributed by atoms with Gasteiger partial charge in [0.2, 0.25) is 0 Å². The van der Waals surface area contributed by atoms with Crippen LogP contribution in [0.25, 0.3) is 0 Å². The van der Waals surface area contributed by atoms with Gasteiger partial charge in [-0.05, 0) is 31.9 Å². The van der Waals surface area contributed by atoms with Crippen LogP contribution >= 0.6 is 11.8 Å². The van der Waals surface area contributed by atoms with Crippen molar-refractivity contribution in [1.29, 1.82) is 0 Å². The van der Waals surface area contributed by atoms with E-state index in [9.17, 15) is 0 Å². The van der Waals surface area contributed by atoms with Crippen molar-refractivity contribution in [3.05, 3.63) is 29.8 Å². The number of aryl methyl sites for hydroxylation is 1. The van der Waals surface area contributed by atoms with Gasteiger partial charge in [-0.15, -0.1) is 11.8 Å². The van der Waals surface area contributed by atoms with Gasteiger partial charge in [-0.25, -0.2) is 0 Å². The van der Waals surface area contributed by atoms with E-state index in [1.165, 1.54) is 74.7 Å². The number of hydrogen-bond donors (Lipinski definition) is 1. The molecule has 0 spiro atoms. The Morgan fingerprint density at radius 1 is 0.905 bits per heavy atom. The number of nitrogens with two attached hydrogens (primary N) is 1. The fraction of sp³-hybridized carbons (Fsp3) is 0.684. The molecular formula is C19H31NS. The Morgan fingerprint density at radius 3 is 2.19 bits per heavy atom. The molecule has 0 heterocycles. The highest BCUT2D eigenvalue weighted by atomic mass is 32.2. The molecule has 0 aromatic heterocycles. The molecule has 0 radical (unpaired) electrons. The molecule has 0 saturated heterocycles. The van der Waals surface area contributed by atoms with Crippen molar-refractivity contribution in [3.63, 3.8) is 0 Å². The van der Waals surface area contributed by atoms with Crippen LogP contribution in [-0.2, 0) is 0 Å². The van der Waals surface area contributed by atoms with E-state index < -0.39 is 0 Å². The van der Waals surface area contributed by atoms with Crippen molar-refractivity contribution in [2.45, 2.75) is 87.3 Å². The van der Waals surface area contributed by atoms with Crippen LogP contribution in [0, 0.1) is 6.92 Å². The summed E-state index contributed by atoms with van der Waals surface area (Å²) in [5.74, 6) is 0. The van der Waals surface area contributed by atoms with E-state index in [2.05, 4.69) is 31.2 Å². The molecule has 21 heavy (non-hydrogen) atoms. The Kier molecular flexibility index (Phi) is 7.66. The highest BCUT2D eigenvalue weighted by molar-refractivity contribution is 8.00. The molecule has 1 fully saturated rings. The van der Waals surface area contributed by atoms with Crippen LogP contribution < -0.4 is 5.73 Å². The second kappa shape index (κ2) is 9.53. The maximum atomic E-state index is 6.52. The Labute approximate surface area is 135 Å². The fourth-order valence-corrected chi connectivity index (χ4v) is 4.55. The molecular weight excluding hydrogens is 274 g/mol. The van der Waals surface area contributed by atoms with Crippen LogP contribution in [0.2, 0.25) is 0 Å². The van der Waals surface area contributed by atoms with Crippen LogP contribution in [0.3, 0.4) is 0 Å². The van der Waals surface area contributed by atoms with Gasteiger partial charge in [-0.1, -0.05) is 69.1 Å². The smallest absolute Gasteiger partial charge is 0.0246 e. The molecule has 1 aliphatic carbocycles. The second-order valence-electron chi connectivity index (χ2n) is 6.54. The van der Waals surface area contributed by atoms with Crippen LogP contribution in [-0.4, -0.2) is 11.3 Å². The molecule has 0 bridgehead atoms. The van der Waals surface area contributed by atoms with Crippen molar-refractivity contribution >= 4 is 11.8 Å². The van der Waals surface area contributed by atoms with Gasteiger partial charge in [0.25, 0.3) is 0 Å². The minimum absolute atomic E-state index is 0.356. The molecule has 2 unspecified atom stereocenters. The Hall–Kier alpha value is -0.470. The summed E-state index contributed by atoms with van der Waals surface area (Å²) in [6.45, 7) is 2.17. The summed E-state index contributed by atoms with van der Waals surface area (Å²) < 4.78 is 0. The van der Waals surface area contributed by atoms with Gasteiger partial charge < -0.3 is 5.73 Å². The van der Waals surface area contributed by atoms with Gasteiger partial charge in [0.15, 0.2) is 0 Å². The quantitative estimate of drug-likeness (QED) is 0.758. The summed E-state index contributed by atoms with van der Waals surface area (Å²) in [5, 5.41) is 0.589. The number of rotatable bonds is 2. The van der Waals surface area contributed by atoms with Crippen molar-refractivity contribution in [1.82, 2.24) is 0 Å². The summed E-state index contributed by atoms with van der Waals surface area (Å²) in [7, 11) is 0. The van der Waals surface area contributed by atoms with Gasteiger partial charge in [0.1, 0.15) is 0 Å². The predicted molar refractivity (Wildman–Crippen MR) is 95.0 cm³/mol. The van der Waals surface area contributed by atoms with E-state index in [-0.39, 0.29) is 0 Å². The zero-order valence-corrected chi connectivity index (χ0v) is 14.3. The fourth-order valence-electron chi connectivity index (χ4n) is 3.20. The lowest BCUT2D eigenvalue weighted by molar-refractivity contribution is 0.473. The largest absolute Gasteiger partial charge is 0.327 e. The first kappa shape index (κ1) is 16.9. The second-order valence-corrected chi connectivity index (χ2v) is 7.86. The Bertz CT molecular complexity index is 404. The molecule has 0 aliphatic heterocycles. The lowest BCUT2D eigenvalue weighted by atomic mass is 9.98. The van der Waals surface area contributed by atoms with Gasteiger partial charge >= 0.3 is 0 Å². The standard InChI is InChI=1S/C19H31NS/c1-16-11-10-12-17(15-16)21-19-14-9-7-5-3-2-4-6-8-13-18(19)20/h10-12,15,18-19H,2-9,13-14,20H2,1H3. The maximum Gasteiger partial charge on any atom is 0.0246 e. The summed E-state index contributed by atoms with van der Waals surface area (Å²) >= 11 is 2.01. The minimum atomic E-state index is 0.356. The van der Waals surface area contributed by atoms with Crippen LogP contribution in [0.5, 0.6) is 0 Å². The molecule has 2 atom stereocenters. The van der Waals surface area contributed by atoms with E-state index in [4.69, 9.17) is 5.73 Å². The SMILES string of the molecule is Cc1cccc(SC2CCCCCCCCCCC2N)c1. The van der Waals surface area contributed by atoms with Crippen molar-refractivity contribution in [3.8, 4) is 0 Å². The minimum Gasteiger partial charge on any atom is -0.327 e. The monoisotopic (exact) mass is 305 g/mol. The maximum absolute atomic E-state index is 6.52. The molecule has 1 nitrogen and oxygen atoms in total. The molecule has 2 rings (SSSR count). The molecule has 118 valence electrons. The third-order valence-corrected chi connectivity index (χ3v) is 5.94. The summed E-state index contributed by atoms with van der Waals surface area (Å²) in [6, 6.07) is 9.23. The predicted octanol–water partition coefficient (Wildman–Crippen LogP) is 5.70. The molecule has 1 aromatic rings. The first-order chi connectivity index (χ1) is 10.3. The van der Waals surface area contributed by atoms with Crippen molar-refractivity contribution < 1.29 is 0 Å². The van der Waals surface area contributed by atoms with Crippen molar-refractivity contribution in [2.75, 3.05) is 0 Å². The van der Waals surface area contributed by atoms with E-state index in [0.717, 1.165) is 0 Å². The molecule has 1 aliphatic rings. The molecule has 1 saturated carbocycles. The first-order valence-electron chi connectivity index (χ1n) is 8.74. The molecule has 0 amide bonds. The first-order valence-corrected chi connectivity index (χ1v) is 9.62. The molecule has 2 N–H and O–H groups in total. The number of thioether (sulfide) groups is 1. The average Bonchev–Trinajstić information content (AvgIpc) is 2.46. The Balaban J connectivity index is 1.94. The van der Waals surface area contributed by atoms with Gasteiger partial charge in [0, 0.05) is 16.2 Å². The zero-order valence-electron chi connectivity index (χ0n) is 13.5. The van der Waals surface area contributed by atoms with Gasteiger partial charge in [-0.3, -0.25) is 0 Å². The van der Waals surface area contributed by atoms with E-state index in [1.807, 2.05) is 11.8 Å². The van der Waals surface area contributed by atoms with Gasteiger partial charge in [-0.2, -0.15) is 0 Å². The van der Waals surface area contributed by atoms with E-state index >= 15 is 0 Å². The summed E-state index contributed by atoms with van der Waals surface area (Å²) in [6.07, 6.45) is 13.6. The number of benzene rings is 1. The highest BCUT2D eigenvalue weighted by Crippen LogP contribution is 2.31. The summed E-state index contributed by atoms with van der Waals surface area (Å²) in [5.41, 5.74) is 7.87. The van der Waals surface area contributed by atoms with E-state index in [0.29, 0.717) is 11.3 Å². The number of hydrogen-bond acceptors (Lipinski definition) is 2. The van der Waals surface area contributed by atoms with E-state index in [1.54, 1.807) is 0 Å². The highest BCUT2D eigenvalue weighted by Gasteiger charge is 2.19. The van der Waals surface area contributed by atoms with Gasteiger partial charge in [0.05, 0.1) is 0 Å². The van der Waals surface area contributed by atoms with Crippen LogP contribution in [0.15, 0.2) is 29.2 Å². The van der Waals surface area contributed by atoms with Crippen LogP contribution in [0.1, 0.15) is 69.8 Å². The topological polar surface area (TPSA) is 26.0 Å². The third kappa shape index (κ3) is 6.44. The zero-order chi connectivity index (χ0) is 14.9. The van der Waals surface area contributed by atoms with Crippen LogP contribution in [0.4, 0.5) is 0 Å². The molecule has 1 aromatic carbocycles. The van der Waals surface area contributed by atoms with Crippen molar-refractivity contribution in [2.24, 2.45) is 5.73 Å². The Morgan fingerprint density at radius 2 is 1.52 bits per heavy atom. The lowest BCUT2D eigenvalue weighted by Crippen LogP contribution is -2.32. The lowest BCUT2D eigenvalue weighted by Gasteiger charge is -2.24. The normalized spacial score (nSPS) is 25.8. The summed E-state index contributed by atoms with van der Waals surface area (Å²) in [4.78, 5) is 1.39. The average molecular weight is 306 g/mol.